The quantitative estimate of drug-likeness (QED) is 0.772. The van der Waals surface area contributed by atoms with Crippen molar-refractivity contribution in [2.24, 2.45) is 0 Å². The Morgan fingerprint density at radius 3 is 2.46 bits per heavy atom. The third-order valence-electron chi connectivity index (χ3n) is 4.90. The molecule has 0 radical (unpaired) electrons. The number of aryl methyl sites for hydroxylation is 1. The fourth-order valence-corrected chi connectivity index (χ4v) is 4.87. The standard InChI is InChI=1S/C21H26N2O4S/c1-16-10-11-19(27-2)20(14-16)28(25,26)22-18(15-17-8-4-3-5-9-17)21(24)23-12-6-7-13-23/h3-5,8-11,14,18,22H,6-7,12-13,15H2,1-2H3. The Hall–Kier alpha value is -2.38. The van der Waals surface area contributed by atoms with Crippen LogP contribution in [-0.2, 0) is 21.2 Å². The van der Waals surface area contributed by atoms with E-state index in [4.69, 9.17) is 4.74 Å². The van der Waals surface area contributed by atoms with Crippen molar-refractivity contribution in [3.63, 3.8) is 0 Å². The number of methoxy groups -OCH3 is 1. The summed E-state index contributed by atoms with van der Waals surface area (Å²) >= 11 is 0. The number of hydrogen-bond acceptors (Lipinski definition) is 4. The first-order chi connectivity index (χ1) is 13.4. The van der Waals surface area contributed by atoms with Crippen LogP contribution < -0.4 is 9.46 Å². The Bertz CT molecular complexity index is 923. The second-order valence-electron chi connectivity index (χ2n) is 7.05. The summed E-state index contributed by atoms with van der Waals surface area (Å²) in [5.74, 6) is 0.0710. The van der Waals surface area contributed by atoms with E-state index in [1.807, 2.05) is 37.3 Å². The molecule has 1 heterocycles. The van der Waals surface area contributed by atoms with E-state index in [9.17, 15) is 13.2 Å². The predicted molar refractivity (Wildman–Crippen MR) is 108 cm³/mol. The molecule has 7 heteroatoms. The van der Waals surface area contributed by atoms with Crippen LogP contribution in [0.4, 0.5) is 0 Å². The molecule has 1 amide bonds. The molecule has 0 saturated carbocycles. The van der Waals surface area contributed by atoms with Crippen molar-refractivity contribution in [1.82, 2.24) is 9.62 Å². The zero-order valence-corrected chi connectivity index (χ0v) is 17.0. The molecule has 28 heavy (non-hydrogen) atoms. The van der Waals surface area contributed by atoms with Crippen molar-refractivity contribution < 1.29 is 17.9 Å². The predicted octanol–water partition coefficient (Wildman–Crippen LogP) is 2.52. The van der Waals surface area contributed by atoms with Crippen molar-refractivity contribution in [1.29, 1.82) is 0 Å². The Morgan fingerprint density at radius 2 is 1.82 bits per heavy atom. The van der Waals surface area contributed by atoms with E-state index in [-0.39, 0.29) is 16.6 Å². The zero-order chi connectivity index (χ0) is 20.1. The Balaban J connectivity index is 1.91. The van der Waals surface area contributed by atoms with Gasteiger partial charge in [-0.15, -0.1) is 0 Å². The van der Waals surface area contributed by atoms with Crippen LogP contribution in [0.2, 0.25) is 0 Å². The van der Waals surface area contributed by atoms with Gasteiger partial charge in [-0.1, -0.05) is 36.4 Å². The largest absolute Gasteiger partial charge is 0.495 e. The molecule has 1 fully saturated rings. The molecule has 2 aromatic carbocycles. The summed E-state index contributed by atoms with van der Waals surface area (Å²) in [6.45, 7) is 3.15. The van der Waals surface area contributed by atoms with Crippen LogP contribution in [-0.4, -0.2) is 45.5 Å². The van der Waals surface area contributed by atoms with Crippen LogP contribution in [0.25, 0.3) is 0 Å². The lowest BCUT2D eigenvalue weighted by atomic mass is 10.1. The number of sulfonamides is 1. The van der Waals surface area contributed by atoms with Crippen molar-refractivity contribution in [2.45, 2.75) is 37.1 Å². The van der Waals surface area contributed by atoms with Crippen LogP contribution in [0.15, 0.2) is 53.4 Å². The van der Waals surface area contributed by atoms with E-state index in [0.29, 0.717) is 19.5 Å². The van der Waals surface area contributed by atoms with Crippen molar-refractivity contribution in [3.8, 4) is 5.75 Å². The van der Waals surface area contributed by atoms with E-state index in [0.717, 1.165) is 24.0 Å². The van der Waals surface area contributed by atoms with Gasteiger partial charge in [-0.25, -0.2) is 8.42 Å². The summed E-state index contributed by atoms with van der Waals surface area (Å²) in [7, 11) is -2.51. The maximum Gasteiger partial charge on any atom is 0.244 e. The third kappa shape index (κ3) is 4.72. The average molecular weight is 403 g/mol. The third-order valence-corrected chi connectivity index (χ3v) is 6.40. The van der Waals surface area contributed by atoms with Crippen molar-refractivity contribution in [3.05, 3.63) is 59.7 Å². The minimum atomic E-state index is -3.94. The molecule has 0 aromatic heterocycles. The topological polar surface area (TPSA) is 75.7 Å². The first-order valence-electron chi connectivity index (χ1n) is 9.40. The molecule has 0 spiro atoms. The Morgan fingerprint density at radius 1 is 1.14 bits per heavy atom. The molecular weight excluding hydrogens is 376 g/mol. The summed E-state index contributed by atoms with van der Waals surface area (Å²) in [5.41, 5.74) is 1.70. The molecular formula is C21H26N2O4S. The molecule has 1 aliphatic heterocycles. The highest BCUT2D eigenvalue weighted by molar-refractivity contribution is 7.89. The second-order valence-corrected chi connectivity index (χ2v) is 8.73. The molecule has 2 aromatic rings. The second kappa shape index (κ2) is 8.75. The number of nitrogens with one attached hydrogen (secondary N) is 1. The normalized spacial score (nSPS) is 15.4. The highest BCUT2D eigenvalue weighted by atomic mass is 32.2. The first-order valence-corrected chi connectivity index (χ1v) is 10.9. The summed E-state index contributed by atoms with van der Waals surface area (Å²) in [4.78, 5) is 14.8. The van der Waals surface area contributed by atoms with Gasteiger partial charge in [0.05, 0.1) is 7.11 Å². The monoisotopic (exact) mass is 402 g/mol. The number of carbonyl (C=O) groups excluding carboxylic acids is 1. The van der Waals surface area contributed by atoms with Gasteiger partial charge in [-0.05, 0) is 49.4 Å². The minimum Gasteiger partial charge on any atom is -0.495 e. The van der Waals surface area contributed by atoms with E-state index in [1.165, 1.54) is 7.11 Å². The van der Waals surface area contributed by atoms with Crippen LogP contribution in [0.1, 0.15) is 24.0 Å². The van der Waals surface area contributed by atoms with E-state index in [2.05, 4.69) is 4.72 Å². The lowest BCUT2D eigenvalue weighted by Crippen LogP contribution is -2.48. The van der Waals surface area contributed by atoms with Crippen LogP contribution in [0.3, 0.4) is 0 Å². The van der Waals surface area contributed by atoms with Gasteiger partial charge in [0.1, 0.15) is 16.7 Å². The number of amides is 1. The maximum atomic E-state index is 13.1. The summed E-state index contributed by atoms with van der Waals surface area (Å²) in [6, 6.07) is 13.5. The van der Waals surface area contributed by atoms with E-state index in [1.54, 1.807) is 23.1 Å². The van der Waals surface area contributed by atoms with Gasteiger partial charge in [0.15, 0.2) is 0 Å². The lowest BCUT2D eigenvalue weighted by Gasteiger charge is -2.24. The fourth-order valence-electron chi connectivity index (χ4n) is 3.43. The van der Waals surface area contributed by atoms with Crippen LogP contribution in [0, 0.1) is 6.92 Å². The number of hydrogen-bond donors (Lipinski definition) is 1. The van der Waals surface area contributed by atoms with Crippen LogP contribution in [0.5, 0.6) is 5.75 Å². The molecule has 1 unspecified atom stereocenters. The molecule has 1 aliphatic rings. The van der Waals surface area contributed by atoms with E-state index < -0.39 is 16.1 Å². The molecule has 0 bridgehead atoms. The van der Waals surface area contributed by atoms with Gasteiger partial charge in [-0.2, -0.15) is 4.72 Å². The Kier molecular flexibility index (Phi) is 6.36. The SMILES string of the molecule is COc1ccc(C)cc1S(=O)(=O)NC(Cc1ccccc1)C(=O)N1CCCC1. The van der Waals surface area contributed by atoms with Crippen molar-refractivity contribution in [2.75, 3.05) is 20.2 Å². The average Bonchev–Trinajstić information content (AvgIpc) is 3.22. The van der Waals surface area contributed by atoms with Gasteiger partial charge in [0, 0.05) is 13.1 Å². The number of carbonyl (C=O) groups is 1. The molecule has 1 saturated heterocycles. The highest BCUT2D eigenvalue weighted by Crippen LogP contribution is 2.25. The number of likely N-dealkylation sites (tertiary alicyclic amines) is 1. The van der Waals surface area contributed by atoms with Gasteiger partial charge in [-0.3, -0.25) is 4.79 Å². The van der Waals surface area contributed by atoms with Gasteiger partial charge in [0.25, 0.3) is 0 Å². The van der Waals surface area contributed by atoms with Gasteiger partial charge in [0.2, 0.25) is 15.9 Å². The van der Waals surface area contributed by atoms with E-state index >= 15 is 0 Å². The number of benzene rings is 2. The molecule has 3 rings (SSSR count). The molecule has 1 atom stereocenters. The lowest BCUT2D eigenvalue weighted by molar-refractivity contribution is -0.131. The first kappa shape index (κ1) is 20.4. The molecule has 0 aliphatic carbocycles. The van der Waals surface area contributed by atoms with Crippen molar-refractivity contribution >= 4 is 15.9 Å². The van der Waals surface area contributed by atoms with Gasteiger partial charge >= 0.3 is 0 Å². The molecule has 1 N–H and O–H groups in total. The highest BCUT2D eigenvalue weighted by Gasteiger charge is 2.32. The number of ether oxygens (including phenoxy) is 1. The fraction of sp³-hybridized carbons (Fsp3) is 0.381. The molecule has 6 nitrogen and oxygen atoms in total. The summed E-state index contributed by atoms with van der Waals surface area (Å²) in [5, 5.41) is 0. The summed E-state index contributed by atoms with van der Waals surface area (Å²) in [6.07, 6.45) is 2.19. The Labute approximate surface area is 166 Å². The van der Waals surface area contributed by atoms with Gasteiger partial charge < -0.3 is 9.64 Å². The number of rotatable bonds is 7. The smallest absolute Gasteiger partial charge is 0.244 e. The zero-order valence-electron chi connectivity index (χ0n) is 16.2. The molecule has 150 valence electrons. The summed E-state index contributed by atoms with van der Waals surface area (Å²) < 4.78 is 34.1. The minimum absolute atomic E-state index is 0.0438. The number of nitrogens with zero attached hydrogens (tertiary/aromatic N) is 1. The maximum absolute atomic E-state index is 13.1. The van der Waals surface area contributed by atoms with Crippen LogP contribution >= 0.6 is 0 Å².